The summed E-state index contributed by atoms with van der Waals surface area (Å²) in [7, 11) is 1.72. The maximum Gasteiger partial charge on any atom is 0.340 e. The highest BCUT2D eigenvalue weighted by Gasteiger charge is 2.04. The molecule has 0 unspecified atom stereocenters. The van der Waals surface area contributed by atoms with E-state index in [9.17, 15) is 4.79 Å². The summed E-state index contributed by atoms with van der Waals surface area (Å²) in [6.07, 6.45) is 0. The normalized spacial score (nSPS) is 9.55. The quantitative estimate of drug-likeness (QED) is 0.546. The Labute approximate surface area is 69.0 Å². The Balaban J connectivity index is 2.43. The molecule has 1 aromatic rings. The molecule has 3 nitrogen and oxygen atoms in total. The van der Waals surface area contributed by atoms with Crippen molar-refractivity contribution in [2.45, 2.75) is 0 Å². The summed E-state index contributed by atoms with van der Waals surface area (Å²) >= 11 is 1.48. The van der Waals surface area contributed by atoms with Gasteiger partial charge in [-0.1, -0.05) is 0 Å². The molecule has 1 aromatic heterocycles. The molecule has 0 fully saturated rings. The van der Waals surface area contributed by atoms with Crippen LogP contribution in [0.3, 0.4) is 0 Å². The van der Waals surface area contributed by atoms with Crippen molar-refractivity contribution in [2.75, 3.05) is 13.8 Å². The van der Waals surface area contributed by atoms with Gasteiger partial charge in [0.2, 0.25) is 0 Å². The van der Waals surface area contributed by atoms with Gasteiger partial charge in [-0.2, -0.15) is 11.3 Å². The molecule has 0 aliphatic carbocycles. The van der Waals surface area contributed by atoms with Crippen molar-refractivity contribution in [1.29, 1.82) is 0 Å². The van der Waals surface area contributed by atoms with Crippen molar-refractivity contribution < 1.29 is 9.53 Å². The molecule has 0 aliphatic rings. The highest BCUT2D eigenvalue weighted by molar-refractivity contribution is 7.08. The number of ether oxygens (including phenoxy) is 1. The topological polar surface area (TPSA) is 38.3 Å². The van der Waals surface area contributed by atoms with E-state index in [1.54, 1.807) is 18.5 Å². The van der Waals surface area contributed by atoms with Crippen LogP contribution in [0.1, 0.15) is 10.4 Å². The zero-order valence-corrected chi connectivity index (χ0v) is 6.98. The van der Waals surface area contributed by atoms with Gasteiger partial charge in [-0.25, -0.2) is 4.79 Å². The summed E-state index contributed by atoms with van der Waals surface area (Å²) in [6.45, 7) is 0.259. The second kappa shape index (κ2) is 4.10. The van der Waals surface area contributed by atoms with E-state index in [1.807, 2.05) is 5.38 Å². The lowest BCUT2D eigenvalue weighted by Crippen LogP contribution is -2.15. The molecule has 0 aromatic carbocycles. The lowest BCUT2D eigenvalue weighted by molar-refractivity contribution is 0.0482. The summed E-state index contributed by atoms with van der Waals surface area (Å²) in [5, 5.41) is 6.33. The first-order valence-corrected chi connectivity index (χ1v) is 4.13. The minimum absolute atomic E-state index is 0.259. The van der Waals surface area contributed by atoms with Crippen molar-refractivity contribution in [3.63, 3.8) is 0 Å². The van der Waals surface area contributed by atoms with Crippen LogP contribution in [0, 0.1) is 0 Å². The minimum atomic E-state index is -0.277. The van der Waals surface area contributed by atoms with Gasteiger partial charge in [0.25, 0.3) is 0 Å². The average Bonchev–Trinajstić information content (AvgIpc) is 2.52. The molecule has 0 radical (unpaired) electrons. The van der Waals surface area contributed by atoms with Crippen molar-refractivity contribution >= 4 is 17.3 Å². The van der Waals surface area contributed by atoms with Crippen LogP contribution in [0.2, 0.25) is 0 Å². The Morgan fingerprint density at radius 1 is 1.82 bits per heavy atom. The number of thiophene rings is 1. The molecule has 1 rings (SSSR count). The largest absolute Gasteiger partial charge is 0.446 e. The molecule has 0 spiro atoms. The lowest BCUT2D eigenvalue weighted by Gasteiger charge is -1.99. The van der Waals surface area contributed by atoms with Crippen LogP contribution in [0.15, 0.2) is 16.8 Å². The maximum atomic E-state index is 11.0. The third-order valence-electron chi connectivity index (χ3n) is 1.10. The number of hydrogen-bond acceptors (Lipinski definition) is 4. The van der Waals surface area contributed by atoms with Crippen molar-refractivity contribution in [3.8, 4) is 0 Å². The minimum Gasteiger partial charge on any atom is -0.446 e. The highest BCUT2D eigenvalue weighted by Crippen LogP contribution is 2.06. The predicted molar refractivity (Wildman–Crippen MR) is 43.7 cm³/mol. The Morgan fingerprint density at radius 3 is 3.18 bits per heavy atom. The van der Waals surface area contributed by atoms with Gasteiger partial charge in [0.05, 0.1) is 5.56 Å². The molecule has 60 valence electrons. The maximum absolute atomic E-state index is 11.0. The third-order valence-corrected chi connectivity index (χ3v) is 1.79. The molecule has 4 heteroatoms. The smallest absolute Gasteiger partial charge is 0.340 e. The van der Waals surface area contributed by atoms with Gasteiger partial charge in [-0.15, -0.1) is 0 Å². The van der Waals surface area contributed by atoms with Crippen molar-refractivity contribution in [3.05, 3.63) is 22.4 Å². The molecule has 0 saturated carbocycles. The Hall–Kier alpha value is -0.870. The van der Waals surface area contributed by atoms with Crippen LogP contribution >= 0.6 is 11.3 Å². The molecule has 1 N–H and O–H groups in total. The van der Waals surface area contributed by atoms with E-state index in [0.717, 1.165) is 0 Å². The Bertz CT molecular complexity index is 220. The van der Waals surface area contributed by atoms with Crippen molar-refractivity contribution in [2.24, 2.45) is 0 Å². The van der Waals surface area contributed by atoms with Crippen LogP contribution in [0.4, 0.5) is 0 Å². The van der Waals surface area contributed by atoms with Gasteiger partial charge in [0.1, 0.15) is 6.73 Å². The SMILES string of the molecule is CNCOC(=O)c1ccsc1. The number of hydrogen-bond donors (Lipinski definition) is 1. The van der Waals surface area contributed by atoms with E-state index in [-0.39, 0.29) is 12.7 Å². The van der Waals surface area contributed by atoms with E-state index in [2.05, 4.69) is 5.32 Å². The molecule has 0 atom stereocenters. The fourth-order valence-electron chi connectivity index (χ4n) is 0.602. The van der Waals surface area contributed by atoms with E-state index in [1.165, 1.54) is 11.3 Å². The van der Waals surface area contributed by atoms with Crippen LogP contribution in [0.25, 0.3) is 0 Å². The standard InChI is InChI=1S/C7H9NO2S/c1-8-5-10-7(9)6-2-3-11-4-6/h2-4,8H,5H2,1H3. The van der Waals surface area contributed by atoms with E-state index >= 15 is 0 Å². The van der Waals surface area contributed by atoms with Crippen LogP contribution in [-0.2, 0) is 4.74 Å². The average molecular weight is 171 g/mol. The monoisotopic (exact) mass is 171 g/mol. The first-order chi connectivity index (χ1) is 5.34. The first-order valence-electron chi connectivity index (χ1n) is 3.18. The second-order valence-electron chi connectivity index (χ2n) is 1.94. The molecular formula is C7H9NO2S. The zero-order valence-electron chi connectivity index (χ0n) is 6.16. The Kier molecular flexibility index (Phi) is 3.07. The van der Waals surface area contributed by atoms with Crippen LogP contribution in [-0.4, -0.2) is 19.7 Å². The molecule has 1 heterocycles. The van der Waals surface area contributed by atoms with Crippen LogP contribution in [0.5, 0.6) is 0 Å². The molecular weight excluding hydrogens is 162 g/mol. The number of carbonyl (C=O) groups excluding carboxylic acids is 1. The molecule has 0 bridgehead atoms. The molecule has 11 heavy (non-hydrogen) atoms. The van der Waals surface area contributed by atoms with Gasteiger partial charge in [0, 0.05) is 5.38 Å². The summed E-state index contributed by atoms with van der Waals surface area (Å²) in [5.41, 5.74) is 0.616. The van der Waals surface area contributed by atoms with Gasteiger partial charge in [-0.3, -0.25) is 5.32 Å². The number of esters is 1. The highest BCUT2D eigenvalue weighted by atomic mass is 32.1. The van der Waals surface area contributed by atoms with Gasteiger partial charge in [0.15, 0.2) is 0 Å². The summed E-state index contributed by atoms with van der Waals surface area (Å²) < 4.78 is 4.79. The zero-order chi connectivity index (χ0) is 8.10. The summed E-state index contributed by atoms with van der Waals surface area (Å²) in [6, 6.07) is 1.74. The Morgan fingerprint density at radius 2 is 2.64 bits per heavy atom. The van der Waals surface area contributed by atoms with Gasteiger partial charge < -0.3 is 4.74 Å². The fourth-order valence-corrected chi connectivity index (χ4v) is 1.23. The summed E-state index contributed by atoms with van der Waals surface area (Å²) in [4.78, 5) is 11.0. The van der Waals surface area contributed by atoms with Crippen LogP contribution < -0.4 is 5.32 Å². The molecule has 0 aliphatic heterocycles. The molecule has 0 amide bonds. The third kappa shape index (κ3) is 2.32. The number of carbonyl (C=O) groups is 1. The summed E-state index contributed by atoms with van der Waals surface area (Å²) in [5.74, 6) is -0.277. The van der Waals surface area contributed by atoms with E-state index in [4.69, 9.17) is 4.74 Å². The lowest BCUT2D eigenvalue weighted by atomic mass is 10.4. The fraction of sp³-hybridized carbons (Fsp3) is 0.286. The predicted octanol–water partition coefficient (Wildman–Crippen LogP) is 1.08. The first kappa shape index (κ1) is 8.23. The number of rotatable bonds is 3. The number of nitrogens with one attached hydrogen (secondary N) is 1. The van der Waals surface area contributed by atoms with Gasteiger partial charge >= 0.3 is 5.97 Å². The van der Waals surface area contributed by atoms with Gasteiger partial charge in [-0.05, 0) is 18.5 Å². The van der Waals surface area contributed by atoms with E-state index < -0.39 is 0 Å². The second-order valence-corrected chi connectivity index (χ2v) is 2.72. The van der Waals surface area contributed by atoms with Crippen molar-refractivity contribution in [1.82, 2.24) is 5.32 Å². The molecule has 0 saturated heterocycles. The van der Waals surface area contributed by atoms with E-state index in [0.29, 0.717) is 5.56 Å².